The van der Waals surface area contributed by atoms with Crippen LogP contribution in [0.4, 0.5) is 0 Å². The van der Waals surface area contributed by atoms with Crippen molar-refractivity contribution in [2.45, 2.75) is 101 Å². The lowest BCUT2D eigenvalue weighted by Crippen LogP contribution is -2.38. The highest BCUT2D eigenvalue weighted by atomic mass is 33.1. The Morgan fingerprint density at radius 2 is 1.70 bits per heavy atom. The highest BCUT2D eigenvalue weighted by Gasteiger charge is 2.27. The first kappa shape index (κ1) is 39.2. The number of carbonyl (C=O) groups is 1. The standard InChI is InChI=1S/C42H52N2O7S2/c1-43-23-26-18-29(20-34(48)19-26)42(44-30-6-4-3-5-7-30)51-35-15-14-33(47)24-52-53-25-38-36(16-10-27-8-12-32(46)22-37(27)38)40-28(9-13-31(45)21-35)11-17-39(49)41(40)50-2/h8,10-12,16-20,22,30,33,35,42-44,46-49H,3-7,9,13-15,21,23-25H2,1-2H3/t33-,35+,42-/m0/s1. The predicted molar refractivity (Wildman–Crippen MR) is 215 cm³/mol. The van der Waals surface area contributed by atoms with Gasteiger partial charge in [0.1, 0.15) is 23.5 Å². The molecule has 0 amide bonds. The number of aliphatic hydroxyl groups is 1. The van der Waals surface area contributed by atoms with Gasteiger partial charge in [0, 0.05) is 42.5 Å². The van der Waals surface area contributed by atoms with Crippen LogP contribution in [0.1, 0.15) is 86.3 Å². The number of ether oxygens (including phenoxy) is 2. The van der Waals surface area contributed by atoms with Crippen LogP contribution in [-0.2, 0) is 28.2 Å². The fraction of sp³-hybridized carbons (Fsp3) is 0.452. The van der Waals surface area contributed by atoms with Crippen LogP contribution >= 0.6 is 21.6 Å². The number of phenolic OH excluding ortho intramolecular Hbond substituents is 3. The first-order valence-corrected chi connectivity index (χ1v) is 21.2. The summed E-state index contributed by atoms with van der Waals surface area (Å²) in [5, 5.41) is 52.0. The summed E-state index contributed by atoms with van der Waals surface area (Å²) < 4.78 is 12.7. The normalized spacial score (nSPS) is 20.1. The van der Waals surface area contributed by atoms with Crippen LogP contribution in [0.25, 0.3) is 21.9 Å². The Hall–Kier alpha value is -3.45. The fourth-order valence-electron chi connectivity index (χ4n) is 7.67. The summed E-state index contributed by atoms with van der Waals surface area (Å²) in [7, 11) is 6.62. The minimum Gasteiger partial charge on any atom is -0.508 e. The molecule has 6 N–H and O–H groups in total. The van der Waals surface area contributed by atoms with Gasteiger partial charge >= 0.3 is 0 Å². The lowest BCUT2D eigenvalue weighted by Gasteiger charge is -2.32. The van der Waals surface area contributed by atoms with E-state index in [0.717, 1.165) is 69.8 Å². The summed E-state index contributed by atoms with van der Waals surface area (Å²) in [5.74, 6) is 1.77. The number of methoxy groups -OCH3 is 1. The van der Waals surface area contributed by atoms with Crippen molar-refractivity contribution in [1.82, 2.24) is 10.6 Å². The van der Waals surface area contributed by atoms with Gasteiger partial charge in [-0.15, -0.1) is 0 Å². The molecule has 1 aliphatic carbocycles. The van der Waals surface area contributed by atoms with E-state index in [-0.39, 0.29) is 41.9 Å². The van der Waals surface area contributed by atoms with Crippen molar-refractivity contribution in [3.63, 3.8) is 0 Å². The molecular weight excluding hydrogens is 709 g/mol. The average Bonchev–Trinajstić information content (AvgIpc) is 3.14. The molecule has 1 saturated carbocycles. The fourth-order valence-corrected chi connectivity index (χ4v) is 9.96. The second-order valence-electron chi connectivity index (χ2n) is 14.3. The maximum atomic E-state index is 13.9. The first-order valence-electron chi connectivity index (χ1n) is 18.7. The number of aromatic hydroxyl groups is 3. The molecular formula is C42H52N2O7S2. The topological polar surface area (TPSA) is 141 Å². The number of benzene rings is 4. The van der Waals surface area contributed by atoms with Crippen LogP contribution < -0.4 is 15.4 Å². The molecule has 0 aromatic heterocycles. The maximum Gasteiger partial charge on any atom is 0.168 e. The number of phenols is 3. The molecule has 3 atom stereocenters. The van der Waals surface area contributed by atoms with E-state index in [1.54, 1.807) is 51.9 Å². The van der Waals surface area contributed by atoms with E-state index in [1.807, 2.05) is 37.4 Å². The summed E-state index contributed by atoms with van der Waals surface area (Å²) in [4.78, 5) is 13.9. The zero-order valence-corrected chi connectivity index (χ0v) is 32.2. The van der Waals surface area contributed by atoms with Gasteiger partial charge in [-0.25, -0.2) is 0 Å². The third-order valence-corrected chi connectivity index (χ3v) is 12.7. The number of ketones is 1. The molecule has 4 aromatic carbocycles. The number of aryl methyl sites for hydroxylation is 1. The summed E-state index contributed by atoms with van der Waals surface area (Å²) >= 11 is 0. The van der Waals surface area contributed by atoms with E-state index < -0.39 is 18.4 Å². The Morgan fingerprint density at radius 3 is 2.49 bits per heavy atom. The smallest absolute Gasteiger partial charge is 0.168 e. The van der Waals surface area contributed by atoms with Crippen LogP contribution in [0.5, 0.6) is 23.0 Å². The van der Waals surface area contributed by atoms with Gasteiger partial charge in [-0.05, 0) is 108 Å². The molecule has 4 aromatic rings. The van der Waals surface area contributed by atoms with E-state index in [2.05, 4.69) is 10.6 Å². The van der Waals surface area contributed by atoms with Gasteiger partial charge in [0.15, 0.2) is 11.5 Å². The molecule has 11 heteroatoms. The maximum absolute atomic E-state index is 13.9. The van der Waals surface area contributed by atoms with Crippen molar-refractivity contribution < 1.29 is 34.7 Å². The van der Waals surface area contributed by atoms with Crippen LogP contribution in [0.15, 0.2) is 60.7 Å². The molecule has 284 valence electrons. The third kappa shape index (κ3) is 10.2. The van der Waals surface area contributed by atoms with E-state index in [4.69, 9.17) is 9.47 Å². The van der Waals surface area contributed by atoms with Gasteiger partial charge in [0.2, 0.25) is 0 Å². The van der Waals surface area contributed by atoms with Gasteiger partial charge in [-0.3, -0.25) is 10.1 Å². The van der Waals surface area contributed by atoms with E-state index in [1.165, 1.54) is 13.5 Å². The molecule has 0 unspecified atom stereocenters. The SMILES string of the molecule is CNCc1cc(O)cc([C@@H](NC2CCCCC2)O[C@@H]2CC[C@H](O)CSSCc3c(ccc4ccc(O)cc34)-c3c(ccc(O)c3OC)CCC(=O)C2)c1. The van der Waals surface area contributed by atoms with Gasteiger partial charge in [0.25, 0.3) is 0 Å². The molecule has 0 radical (unpaired) electrons. The van der Waals surface area contributed by atoms with Gasteiger partial charge in [-0.2, -0.15) is 0 Å². The van der Waals surface area contributed by atoms with Crippen LogP contribution in [-0.4, -0.2) is 64.4 Å². The number of aliphatic hydroxyl groups excluding tert-OH is 1. The summed E-state index contributed by atoms with van der Waals surface area (Å²) in [6.45, 7) is 0.592. The number of hydrogen-bond acceptors (Lipinski definition) is 11. The predicted octanol–water partition coefficient (Wildman–Crippen LogP) is 8.29. The van der Waals surface area contributed by atoms with Gasteiger partial charge in [-0.1, -0.05) is 71.2 Å². The highest BCUT2D eigenvalue weighted by Crippen LogP contribution is 2.46. The van der Waals surface area contributed by atoms with E-state index in [9.17, 15) is 25.2 Å². The molecule has 0 spiro atoms. The number of fused-ring (bicyclic) bond motifs is 5. The molecule has 2 aliphatic rings. The van der Waals surface area contributed by atoms with Gasteiger partial charge < -0.3 is 35.2 Å². The van der Waals surface area contributed by atoms with Crippen molar-refractivity contribution in [3.05, 3.63) is 82.9 Å². The number of nitrogens with one attached hydrogen (secondary N) is 2. The van der Waals surface area contributed by atoms with Crippen LogP contribution in [0.3, 0.4) is 0 Å². The number of rotatable bonds is 8. The Labute approximate surface area is 320 Å². The monoisotopic (exact) mass is 760 g/mol. The Bertz CT molecular complexity index is 1870. The highest BCUT2D eigenvalue weighted by molar-refractivity contribution is 8.76. The van der Waals surface area contributed by atoms with Crippen molar-refractivity contribution in [2.75, 3.05) is 19.9 Å². The summed E-state index contributed by atoms with van der Waals surface area (Å²) in [6, 6.07) is 18.6. The first-order chi connectivity index (χ1) is 25.7. The number of carbonyl (C=O) groups excluding carboxylic acids is 1. The number of Topliss-reactive ketones (excluding diaryl/α,β-unsaturated/α-hetero) is 1. The minimum absolute atomic E-state index is 0.00822. The van der Waals surface area contributed by atoms with Crippen molar-refractivity contribution in [3.8, 4) is 34.1 Å². The average molecular weight is 761 g/mol. The van der Waals surface area contributed by atoms with Crippen molar-refractivity contribution in [2.24, 2.45) is 0 Å². The summed E-state index contributed by atoms with van der Waals surface area (Å²) in [5.41, 5.74) is 5.19. The lowest BCUT2D eigenvalue weighted by atomic mass is 9.89. The Kier molecular flexibility index (Phi) is 13.9. The zero-order valence-electron chi connectivity index (χ0n) is 30.6. The van der Waals surface area contributed by atoms with Crippen LogP contribution in [0, 0.1) is 0 Å². The van der Waals surface area contributed by atoms with Crippen molar-refractivity contribution >= 4 is 38.1 Å². The largest absolute Gasteiger partial charge is 0.508 e. The van der Waals surface area contributed by atoms with E-state index in [0.29, 0.717) is 43.1 Å². The van der Waals surface area contributed by atoms with E-state index >= 15 is 0 Å². The van der Waals surface area contributed by atoms with Crippen molar-refractivity contribution in [1.29, 1.82) is 0 Å². The Morgan fingerprint density at radius 1 is 0.887 bits per heavy atom. The molecule has 1 fully saturated rings. The zero-order chi connectivity index (χ0) is 37.3. The van der Waals surface area contributed by atoms with Gasteiger partial charge in [0.05, 0.1) is 19.3 Å². The molecule has 53 heavy (non-hydrogen) atoms. The molecule has 1 heterocycles. The Balaban J connectivity index is 1.32. The molecule has 0 saturated heterocycles. The quantitative estimate of drug-likeness (QED) is 0.0764. The van der Waals surface area contributed by atoms with Crippen LogP contribution in [0.2, 0.25) is 0 Å². The molecule has 1 aliphatic heterocycles. The number of hydrogen-bond donors (Lipinski definition) is 6. The minimum atomic E-state index is -0.608. The molecule has 0 bridgehead atoms. The molecule has 9 nitrogen and oxygen atoms in total. The second kappa shape index (κ2) is 18.7. The third-order valence-electron chi connectivity index (χ3n) is 10.3. The molecule has 6 rings (SSSR count). The second-order valence-corrected chi connectivity index (χ2v) is 16.8. The lowest BCUT2D eigenvalue weighted by molar-refractivity contribution is -0.124. The summed E-state index contributed by atoms with van der Waals surface area (Å²) in [6.07, 6.45) is 5.78.